The number of rotatable bonds is 7. The second kappa shape index (κ2) is 8.94. The zero-order chi connectivity index (χ0) is 20.2. The van der Waals surface area contributed by atoms with Crippen LogP contribution in [0.5, 0.6) is 11.5 Å². The summed E-state index contributed by atoms with van der Waals surface area (Å²) in [6.07, 6.45) is 3.80. The van der Waals surface area contributed by atoms with Gasteiger partial charge in [0.25, 0.3) is 0 Å². The fourth-order valence-corrected chi connectivity index (χ4v) is 4.67. The first-order chi connectivity index (χ1) is 14.2. The van der Waals surface area contributed by atoms with Crippen LogP contribution >= 0.6 is 11.8 Å². The number of thioether (sulfide) groups is 1. The minimum Gasteiger partial charge on any atom is -0.486 e. The number of amides is 1. The number of unbranched alkanes of at least 4 members (excludes halogenated alkanes) is 1. The van der Waals surface area contributed by atoms with Gasteiger partial charge in [0.2, 0.25) is 5.91 Å². The number of likely N-dealkylation sites (tertiary alicyclic amines) is 1. The molecule has 8 nitrogen and oxygen atoms in total. The Morgan fingerprint density at radius 2 is 2.14 bits per heavy atom. The topological polar surface area (TPSA) is 89.4 Å². The molecular weight excluding hydrogens is 392 g/mol. The van der Waals surface area contributed by atoms with Crippen LogP contribution < -0.4 is 15.2 Å². The highest BCUT2D eigenvalue weighted by Crippen LogP contribution is 2.38. The smallest absolute Gasteiger partial charge is 0.343 e. The molecule has 1 unspecified atom stereocenters. The first-order valence-electron chi connectivity index (χ1n) is 10.1. The van der Waals surface area contributed by atoms with Gasteiger partial charge >= 0.3 is 5.69 Å². The highest BCUT2D eigenvalue weighted by Gasteiger charge is 2.31. The van der Waals surface area contributed by atoms with Gasteiger partial charge < -0.3 is 14.4 Å². The Labute approximate surface area is 173 Å². The van der Waals surface area contributed by atoms with Crippen molar-refractivity contribution in [3.63, 3.8) is 0 Å². The maximum absolute atomic E-state index is 12.9. The van der Waals surface area contributed by atoms with Gasteiger partial charge in [-0.15, -0.1) is 5.10 Å². The Morgan fingerprint density at radius 3 is 2.97 bits per heavy atom. The van der Waals surface area contributed by atoms with E-state index in [1.807, 2.05) is 23.1 Å². The molecule has 1 aromatic heterocycles. The number of aromatic amines is 1. The van der Waals surface area contributed by atoms with Crippen molar-refractivity contribution in [2.75, 3.05) is 25.5 Å². The van der Waals surface area contributed by atoms with Crippen molar-refractivity contribution in [2.24, 2.45) is 0 Å². The summed E-state index contributed by atoms with van der Waals surface area (Å²) in [5, 5.41) is 7.14. The lowest BCUT2D eigenvalue weighted by atomic mass is 10.0. The number of nitrogens with one attached hydrogen (secondary N) is 1. The summed E-state index contributed by atoms with van der Waals surface area (Å²) >= 11 is 1.32. The van der Waals surface area contributed by atoms with Crippen molar-refractivity contribution in [1.82, 2.24) is 19.7 Å². The van der Waals surface area contributed by atoms with Crippen LogP contribution in [0.2, 0.25) is 0 Å². The van der Waals surface area contributed by atoms with Crippen molar-refractivity contribution in [1.29, 1.82) is 0 Å². The zero-order valence-electron chi connectivity index (χ0n) is 16.6. The monoisotopic (exact) mass is 418 g/mol. The molecule has 2 aliphatic rings. The van der Waals surface area contributed by atoms with Crippen LogP contribution in [0.4, 0.5) is 0 Å². The van der Waals surface area contributed by atoms with E-state index >= 15 is 0 Å². The number of hydrogen-bond donors (Lipinski definition) is 1. The number of ether oxygens (including phenoxy) is 2. The molecule has 156 valence electrons. The zero-order valence-corrected chi connectivity index (χ0v) is 17.4. The van der Waals surface area contributed by atoms with Gasteiger partial charge in [-0.3, -0.25) is 9.36 Å². The third kappa shape index (κ3) is 4.29. The maximum atomic E-state index is 12.9. The van der Waals surface area contributed by atoms with Gasteiger partial charge in [-0.05, 0) is 37.0 Å². The lowest BCUT2D eigenvalue weighted by molar-refractivity contribution is -0.129. The van der Waals surface area contributed by atoms with E-state index in [2.05, 4.69) is 17.1 Å². The largest absolute Gasteiger partial charge is 0.486 e. The van der Waals surface area contributed by atoms with E-state index in [9.17, 15) is 9.59 Å². The van der Waals surface area contributed by atoms with Crippen molar-refractivity contribution in [3.05, 3.63) is 34.2 Å². The molecule has 1 fully saturated rings. The first-order valence-corrected chi connectivity index (χ1v) is 11.1. The molecular formula is C20H26N4O4S. The summed E-state index contributed by atoms with van der Waals surface area (Å²) in [5.41, 5.74) is 0.855. The van der Waals surface area contributed by atoms with Gasteiger partial charge in [-0.1, -0.05) is 31.2 Å². The Bertz CT molecular complexity index is 925. The van der Waals surface area contributed by atoms with E-state index in [1.54, 1.807) is 4.57 Å². The summed E-state index contributed by atoms with van der Waals surface area (Å²) in [6.45, 7) is 4.54. The minimum atomic E-state index is -0.219. The Balaban J connectivity index is 1.43. The van der Waals surface area contributed by atoms with Gasteiger partial charge in [0.05, 0.1) is 11.8 Å². The summed E-state index contributed by atoms with van der Waals surface area (Å²) < 4.78 is 12.9. The fraction of sp³-hybridized carbons (Fsp3) is 0.550. The molecule has 0 bridgehead atoms. The van der Waals surface area contributed by atoms with Crippen LogP contribution in [-0.4, -0.2) is 51.1 Å². The molecule has 0 spiro atoms. The van der Waals surface area contributed by atoms with E-state index in [0.29, 0.717) is 24.9 Å². The summed E-state index contributed by atoms with van der Waals surface area (Å²) in [5.74, 6) is 1.83. The summed E-state index contributed by atoms with van der Waals surface area (Å²) in [4.78, 5) is 26.8. The predicted octanol–water partition coefficient (Wildman–Crippen LogP) is 2.60. The minimum absolute atomic E-state index is 0.0420. The van der Waals surface area contributed by atoms with E-state index in [0.717, 1.165) is 49.3 Å². The number of H-pyrrole nitrogens is 1. The number of aromatic nitrogens is 3. The first kappa shape index (κ1) is 19.9. The number of benzene rings is 1. The van der Waals surface area contributed by atoms with Gasteiger partial charge in [-0.2, -0.15) is 0 Å². The van der Waals surface area contributed by atoms with Crippen LogP contribution in [-0.2, 0) is 11.3 Å². The molecule has 4 rings (SSSR count). The number of nitrogens with zero attached hydrogens (tertiary/aromatic N) is 3. The standard InChI is InChI=1S/C20H26N4O4S/c1-2-3-8-24-19(26)21-22-20(24)29-13-18(25)23-9-4-5-15(23)14-6-7-16-17(12-14)28-11-10-27-16/h6-7,12,15H,2-5,8-11,13H2,1H3,(H,21,26). The second-order valence-corrected chi connectivity index (χ2v) is 8.20. The number of carbonyl (C=O) groups excluding carboxylic acids is 1. The summed E-state index contributed by atoms with van der Waals surface area (Å²) in [7, 11) is 0. The second-order valence-electron chi connectivity index (χ2n) is 7.25. The van der Waals surface area contributed by atoms with Crippen LogP contribution in [0.1, 0.15) is 44.2 Å². The molecule has 2 aliphatic heterocycles. The van der Waals surface area contributed by atoms with E-state index < -0.39 is 0 Å². The Hall–Kier alpha value is -2.42. The third-order valence-electron chi connectivity index (χ3n) is 5.31. The summed E-state index contributed by atoms with van der Waals surface area (Å²) in [6, 6.07) is 5.98. The Morgan fingerprint density at radius 1 is 1.31 bits per heavy atom. The van der Waals surface area contributed by atoms with Crippen LogP contribution in [0.25, 0.3) is 0 Å². The van der Waals surface area contributed by atoms with Crippen molar-refractivity contribution >= 4 is 17.7 Å². The van der Waals surface area contributed by atoms with Gasteiger partial charge in [0.1, 0.15) is 13.2 Å². The van der Waals surface area contributed by atoms with Gasteiger partial charge in [0, 0.05) is 13.1 Å². The van der Waals surface area contributed by atoms with Crippen LogP contribution in [0, 0.1) is 0 Å². The normalized spacial score (nSPS) is 18.2. The highest BCUT2D eigenvalue weighted by molar-refractivity contribution is 7.99. The van der Waals surface area contributed by atoms with Crippen LogP contribution in [0.15, 0.2) is 28.2 Å². The molecule has 1 saturated heterocycles. The fourth-order valence-electron chi connectivity index (χ4n) is 3.82. The SMILES string of the molecule is CCCCn1c(SCC(=O)N2CCCC2c2ccc3c(c2)OCCO3)n[nH]c1=O. The predicted molar refractivity (Wildman–Crippen MR) is 110 cm³/mol. The molecule has 3 heterocycles. The van der Waals surface area contributed by atoms with Crippen molar-refractivity contribution in [2.45, 2.75) is 50.4 Å². The number of hydrogen-bond acceptors (Lipinski definition) is 6. The number of fused-ring (bicyclic) bond motifs is 1. The van der Waals surface area contributed by atoms with Crippen molar-refractivity contribution in [3.8, 4) is 11.5 Å². The van der Waals surface area contributed by atoms with Crippen LogP contribution in [0.3, 0.4) is 0 Å². The molecule has 1 N–H and O–H groups in total. The average molecular weight is 419 g/mol. The third-order valence-corrected chi connectivity index (χ3v) is 6.27. The van der Waals surface area contributed by atoms with E-state index in [-0.39, 0.29) is 23.4 Å². The van der Waals surface area contributed by atoms with E-state index in [1.165, 1.54) is 11.8 Å². The van der Waals surface area contributed by atoms with Crippen molar-refractivity contribution < 1.29 is 14.3 Å². The Kier molecular flexibility index (Phi) is 6.13. The molecule has 1 aromatic carbocycles. The molecule has 9 heteroatoms. The maximum Gasteiger partial charge on any atom is 0.343 e. The molecule has 2 aromatic rings. The van der Waals surface area contributed by atoms with Gasteiger partial charge in [-0.25, -0.2) is 9.89 Å². The average Bonchev–Trinajstić information content (AvgIpc) is 3.37. The molecule has 0 saturated carbocycles. The van der Waals surface area contributed by atoms with E-state index in [4.69, 9.17) is 9.47 Å². The molecule has 0 aliphatic carbocycles. The van der Waals surface area contributed by atoms with Gasteiger partial charge in [0.15, 0.2) is 16.7 Å². The molecule has 1 amide bonds. The molecule has 1 atom stereocenters. The molecule has 29 heavy (non-hydrogen) atoms. The highest BCUT2D eigenvalue weighted by atomic mass is 32.2. The molecule has 0 radical (unpaired) electrons. The quantitative estimate of drug-likeness (QED) is 0.695. The lowest BCUT2D eigenvalue weighted by Crippen LogP contribution is -2.32. The number of carbonyl (C=O) groups is 1. The lowest BCUT2D eigenvalue weighted by Gasteiger charge is -2.26.